The molecular weight excluding hydrogens is 286 g/mol. The van der Waals surface area contributed by atoms with Crippen LogP contribution in [0.3, 0.4) is 0 Å². The molecule has 0 spiro atoms. The molecule has 0 saturated heterocycles. The van der Waals surface area contributed by atoms with E-state index in [9.17, 15) is 4.79 Å². The summed E-state index contributed by atoms with van der Waals surface area (Å²) >= 11 is 1.53. The van der Waals surface area contributed by atoms with Gasteiger partial charge in [0.15, 0.2) is 6.61 Å². The molecule has 0 bridgehead atoms. The Kier molecular flexibility index (Phi) is 4.90. The summed E-state index contributed by atoms with van der Waals surface area (Å²) in [5.41, 5.74) is 3.13. The van der Waals surface area contributed by atoms with Gasteiger partial charge in [-0.25, -0.2) is 4.98 Å². The topological polar surface area (TPSA) is 66.2 Å². The SMILES string of the molecule is Cc1ncsc1CN(C)C(=O)COc1ccccc1C#N. The monoisotopic (exact) mass is 301 g/mol. The lowest BCUT2D eigenvalue weighted by Crippen LogP contribution is -2.31. The summed E-state index contributed by atoms with van der Waals surface area (Å²) in [6, 6.07) is 8.90. The summed E-state index contributed by atoms with van der Waals surface area (Å²) in [5.74, 6) is 0.284. The molecule has 0 saturated carbocycles. The van der Waals surface area contributed by atoms with E-state index in [-0.39, 0.29) is 12.5 Å². The molecular formula is C15H15N3O2S. The molecule has 0 N–H and O–H groups in total. The van der Waals surface area contributed by atoms with Gasteiger partial charge in [-0.1, -0.05) is 12.1 Å². The van der Waals surface area contributed by atoms with Crippen molar-refractivity contribution in [2.75, 3.05) is 13.7 Å². The molecule has 1 aromatic heterocycles. The fourth-order valence-electron chi connectivity index (χ4n) is 1.72. The first kappa shape index (κ1) is 15.0. The number of carbonyl (C=O) groups excluding carboxylic acids is 1. The number of nitriles is 1. The molecule has 1 heterocycles. The van der Waals surface area contributed by atoms with E-state index in [1.54, 1.807) is 41.7 Å². The average molecular weight is 301 g/mol. The first-order chi connectivity index (χ1) is 10.1. The Hall–Kier alpha value is -2.39. The molecule has 5 nitrogen and oxygen atoms in total. The second-order valence-electron chi connectivity index (χ2n) is 4.51. The molecule has 21 heavy (non-hydrogen) atoms. The standard InChI is InChI=1S/C15H15N3O2S/c1-11-14(21-10-17-11)8-18(2)15(19)9-20-13-6-4-3-5-12(13)7-16/h3-6,10H,8-9H2,1-2H3. The largest absolute Gasteiger partial charge is 0.482 e. The number of aromatic nitrogens is 1. The molecule has 0 atom stereocenters. The van der Waals surface area contributed by atoms with Crippen LogP contribution in [0.25, 0.3) is 0 Å². The zero-order chi connectivity index (χ0) is 15.2. The van der Waals surface area contributed by atoms with E-state index < -0.39 is 0 Å². The van der Waals surface area contributed by atoms with Crippen molar-refractivity contribution in [2.45, 2.75) is 13.5 Å². The third-order valence-electron chi connectivity index (χ3n) is 3.01. The Morgan fingerprint density at radius 2 is 2.24 bits per heavy atom. The number of ether oxygens (including phenoxy) is 1. The smallest absolute Gasteiger partial charge is 0.260 e. The zero-order valence-corrected chi connectivity index (χ0v) is 12.7. The van der Waals surface area contributed by atoms with Crippen LogP contribution in [0.2, 0.25) is 0 Å². The van der Waals surface area contributed by atoms with Crippen molar-refractivity contribution in [3.8, 4) is 11.8 Å². The van der Waals surface area contributed by atoms with Crippen molar-refractivity contribution in [2.24, 2.45) is 0 Å². The number of thiazole rings is 1. The first-order valence-corrected chi connectivity index (χ1v) is 7.24. The Morgan fingerprint density at radius 1 is 1.48 bits per heavy atom. The minimum absolute atomic E-state index is 0.0902. The van der Waals surface area contributed by atoms with E-state index in [1.807, 2.05) is 13.0 Å². The van der Waals surface area contributed by atoms with Gasteiger partial charge < -0.3 is 9.64 Å². The van der Waals surface area contributed by atoms with Crippen LogP contribution in [0.5, 0.6) is 5.75 Å². The minimum Gasteiger partial charge on any atom is -0.482 e. The highest BCUT2D eigenvalue weighted by molar-refractivity contribution is 7.09. The van der Waals surface area contributed by atoms with Crippen LogP contribution in [0.15, 0.2) is 29.8 Å². The van der Waals surface area contributed by atoms with Crippen LogP contribution in [0, 0.1) is 18.3 Å². The van der Waals surface area contributed by atoms with E-state index in [0.717, 1.165) is 10.6 Å². The second kappa shape index (κ2) is 6.86. The van der Waals surface area contributed by atoms with Gasteiger partial charge in [-0.2, -0.15) is 5.26 Å². The van der Waals surface area contributed by atoms with E-state index in [2.05, 4.69) is 4.98 Å². The van der Waals surface area contributed by atoms with Gasteiger partial charge in [0.1, 0.15) is 11.8 Å². The van der Waals surface area contributed by atoms with Gasteiger partial charge in [-0.05, 0) is 19.1 Å². The highest BCUT2D eigenvalue weighted by Gasteiger charge is 2.13. The van der Waals surface area contributed by atoms with Crippen LogP contribution in [-0.4, -0.2) is 29.4 Å². The van der Waals surface area contributed by atoms with Crippen LogP contribution in [-0.2, 0) is 11.3 Å². The van der Waals surface area contributed by atoms with Crippen molar-refractivity contribution in [1.82, 2.24) is 9.88 Å². The molecule has 6 heteroatoms. The number of para-hydroxylation sites is 1. The number of amides is 1. The highest BCUT2D eigenvalue weighted by Crippen LogP contribution is 2.17. The van der Waals surface area contributed by atoms with E-state index in [4.69, 9.17) is 10.00 Å². The van der Waals surface area contributed by atoms with Gasteiger partial charge in [-0.15, -0.1) is 11.3 Å². The lowest BCUT2D eigenvalue weighted by atomic mass is 10.2. The third kappa shape index (κ3) is 3.80. The summed E-state index contributed by atoms with van der Waals surface area (Å²) in [6.07, 6.45) is 0. The number of likely N-dealkylation sites (N-methyl/N-ethyl adjacent to an activating group) is 1. The van der Waals surface area contributed by atoms with Crippen LogP contribution in [0.1, 0.15) is 16.1 Å². The van der Waals surface area contributed by atoms with Gasteiger partial charge in [0, 0.05) is 11.9 Å². The van der Waals surface area contributed by atoms with Gasteiger partial charge in [0.05, 0.1) is 23.3 Å². The summed E-state index contributed by atoms with van der Waals surface area (Å²) in [5, 5.41) is 8.96. The predicted molar refractivity (Wildman–Crippen MR) is 80.0 cm³/mol. The van der Waals surface area contributed by atoms with Crippen LogP contribution >= 0.6 is 11.3 Å². The molecule has 2 aromatic rings. The lowest BCUT2D eigenvalue weighted by Gasteiger charge is -2.17. The van der Waals surface area contributed by atoms with Gasteiger partial charge in [-0.3, -0.25) is 4.79 Å². The maximum absolute atomic E-state index is 12.1. The molecule has 1 aromatic carbocycles. The number of aryl methyl sites for hydroxylation is 1. The van der Waals surface area contributed by atoms with Crippen LogP contribution < -0.4 is 4.74 Å². The molecule has 0 aliphatic rings. The zero-order valence-electron chi connectivity index (χ0n) is 11.9. The van der Waals surface area contributed by atoms with Gasteiger partial charge >= 0.3 is 0 Å². The maximum Gasteiger partial charge on any atom is 0.260 e. The van der Waals surface area contributed by atoms with Crippen molar-refractivity contribution in [3.05, 3.63) is 45.9 Å². The molecule has 0 aliphatic heterocycles. The Labute approximate surface area is 127 Å². The summed E-state index contributed by atoms with van der Waals surface area (Å²) in [7, 11) is 1.72. The van der Waals surface area contributed by atoms with Gasteiger partial charge in [0.2, 0.25) is 0 Å². The molecule has 0 radical (unpaired) electrons. The van der Waals surface area contributed by atoms with E-state index >= 15 is 0 Å². The van der Waals surface area contributed by atoms with Crippen molar-refractivity contribution < 1.29 is 9.53 Å². The van der Waals surface area contributed by atoms with Crippen molar-refractivity contribution in [1.29, 1.82) is 5.26 Å². The average Bonchev–Trinajstić information content (AvgIpc) is 2.90. The van der Waals surface area contributed by atoms with Crippen molar-refractivity contribution >= 4 is 17.2 Å². The van der Waals surface area contributed by atoms with Crippen molar-refractivity contribution in [3.63, 3.8) is 0 Å². The number of nitrogens with zero attached hydrogens (tertiary/aromatic N) is 3. The second-order valence-corrected chi connectivity index (χ2v) is 5.45. The normalized spacial score (nSPS) is 9.95. The molecule has 1 amide bonds. The Bertz CT molecular complexity index is 676. The molecule has 108 valence electrons. The quantitative estimate of drug-likeness (QED) is 0.850. The summed E-state index contributed by atoms with van der Waals surface area (Å²) in [4.78, 5) is 18.9. The van der Waals surface area contributed by atoms with E-state index in [1.165, 1.54) is 11.3 Å². The minimum atomic E-state index is -0.143. The molecule has 0 aliphatic carbocycles. The predicted octanol–water partition coefficient (Wildman–Crippen LogP) is 2.36. The highest BCUT2D eigenvalue weighted by atomic mass is 32.1. The third-order valence-corrected chi connectivity index (χ3v) is 3.93. The number of hydrogen-bond donors (Lipinski definition) is 0. The summed E-state index contributed by atoms with van der Waals surface area (Å²) in [6.45, 7) is 2.34. The molecule has 2 rings (SSSR count). The molecule has 0 fully saturated rings. The van der Waals surface area contributed by atoms with Gasteiger partial charge in [0.25, 0.3) is 5.91 Å². The number of rotatable bonds is 5. The van der Waals surface area contributed by atoms with E-state index in [0.29, 0.717) is 17.9 Å². The first-order valence-electron chi connectivity index (χ1n) is 6.36. The Morgan fingerprint density at radius 3 is 2.90 bits per heavy atom. The fourth-order valence-corrected chi connectivity index (χ4v) is 2.55. The summed E-state index contributed by atoms with van der Waals surface area (Å²) < 4.78 is 5.43. The lowest BCUT2D eigenvalue weighted by molar-refractivity contribution is -0.132. The fraction of sp³-hybridized carbons (Fsp3) is 0.267. The Balaban J connectivity index is 1.93. The molecule has 0 unspecified atom stereocenters. The number of carbonyl (C=O) groups is 1. The maximum atomic E-state index is 12.1. The number of hydrogen-bond acceptors (Lipinski definition) is 5. The number of benzene rings is 1. The van der Waals surface area contributed by atoms with Crippen LogP contribution in [0.4, 0.5) is 0 Å².